The Bertz CT molecular complexity index is 834. The van der Waals surface area contributed by atoms with Crippen LogP contribution in [0, 0.1) is 0 Å². The van der Waals surface area contributed by atoms with Crippen LogP contribution in [-0.2, 0) is 16.0 Å². The average Bonchev–Trinajstić information content (AvgIpc) is 3.32. The van der Waals surface area contributed by atoms with Crippen molar-refractivity contribution in [1.82, 2.24) is 9.88 Å². The van der Waals surface area contributed by atoms with Crippen LogP contribution in [0.3, 0.4) is 0 Å². The molecule has 1 aromatic heterocycles. The Morgan fingerprint density at radius 2 is 2.15 bits per heavy atom. The van der Waals surface area contributed by atoms with Gasteiger partial charge >= 0.3 is 0 Å². The van der Waals surface area contributed by atoms with Crippen molar-refractivity contribution in [2.45, 2.75) is 32.2 Å². The fourth-order valence-corrected chi connectivity index (χ4v) is 4.66. The number of hydrogen-bond donors (Lipinski definition) is 1. The molecule has 26 heavy (non-hydrogen) atoms. The Hall–Kier alpha value is -2.25. The number of nitrogens with zero attached hydrogens (tertiary/aromatic N) is 3. The van der Waals surface area contributed by atoms with Gasteiger partial charge in [-0.15, -0.1) is 11.3 Å². The zero-order valence-electron chi connectivity index (χ0n) is 14.8. The number of thiazole rings is 1. The first-order chi connectivity index (χ1) is 12.6. The zero-order valence-corrected chi connectivity index (χ0v) is 15.6. The van der Waals surface area contributed by atoms with Crippen molar-refractivity contribution in [2.24, 2.45) is 0 Å². The molecule has 7 heteroatoms. The molecule has 0 spiro atoms. The van der Waals surface area contributed by atoms with E-state index in [-0.39, 0.29) is 17.9 Å². The number of aromatic nitrogens is 1. The minimum absolute atomic E-state index is 0.114. The molecule has 1 unspecified atom stereocenters. The van der Waals surface area contributed by atoms with Gasteiger partial charge in [0.15, 0.2) is 5.13 Å². The minimum atomic E-state index is -0.114. The van der Waals surface area contributed by atoms with Crippen LogP contribution < -0.4 is 10.2 Å². The Kier molecular flexibility index (Phi) is 4.74. The van der Waals surface area contributed by atoms with Gasteiger partial charge < -0.3 is 10.2 Å². The van der Waals surface area contributed by atoms with Crippen molar-refractivity contribution in [3.8, 4) is 0 Å². The predicted molar refractivity (Wildman–Crippen MR) is 102 cm³/mol. The molecule has 4 rings (SSSR count). The van der Waals surface area contributed by atoms with Gasteiger partial charge in [0.25, 0.3) is 0 Å². The number of rotatable bonds is 4. The molecule has 1 atom stereocenters. The lowest BCUT2D eigenvalue weighted by Crippen LogP contribution is -2.39. The summed E-state index contributed by atoms with van der Waals surface area (Å²) in [6.45, 7) is 3.56. The lowest BCUT2D eigenvalue weighted by molar-refractivity contribution is -0.120. The van der Waals surface area contributed by atoms with E-state index in [1.54, 1.807) is 0 Å². The van der Waals surface area contributed by atoms with Gasteiger partial charge in [-0.25, -0.2) is 4.98 Å². The molecule has 1 saturated heterocycles. The molecule has 2 aromatic rings. The fraction of sp³-hybridized carbons (Fsp3) is 0.421. The molecule has 0 bridgehead atoms. The van der Waals surface area contributed by atoms with Gasteiger partial charge in [-0.3, -0.25) is 14.5 Å². The smallest absolute Gasteiger partial charge is 0.241 e. The molecule has 2 aliphatic rings. The van der Waals surface area contributed by atoms with Gasteiger partial charge in [-0.1, -0.05) is 18.2 Å². The van der Waals surface area contributed by atoms with Crippen LogP contribution in [0.1, 0.15) is 37.1 Å². The predicted octanol–water partition coefficient (Wildman–Crippen LogP) is 2.83. The number of nitrogens with one attached hydrogen (secondary N) is 1. The third-order valence-corrected chi connectivity index (χ3v) is 5.81. The van der Waals surface area contributed by atoms with Crippen molar-refractivity contribution in [3.63, 3.8) is 0 Å². The summed E-state index contributed by atoms with van der Waals surface area (Å²) < 4.78 is 0. The molecule has 1 fully saturated rings. The summed E-state index contributed by atoms with van der Waals surface area (Å²) >= 11 is 1.44. The number of likely N-dealkylation sites (tertiary alicyclic amines) is 1. The van der Waals surface area contributed by atoms with E-state index >= 15 is 0 Å². The van der Waals surface area contributed by atoms with Gasteiger partial charge in [0.05, 0.1) is 18.3 Å². The maximum absolute atomic E-state index is 12.9. The van der Waals surface area contributed by atoms with Gasteiger partial charge in [-0.05, 0) is 37.4 Å². The minimum Gasteiger partial charge on any atom is -0.311 e. The van der Waals surface area contributed by atoms with Crippen LogP contribution in [0.25, 0.3) is 0 Å². The summed E-state index contributed by atoms with van der Waals surface area (Å²) in [5.74, 6) is 0.0382. The Labute approximate surface area is 156 Å². The van der Waals surface area contributed by atoms with E-state index in [2.05, 4.69) is 21.3 Å². The van der Waals surface area contributed by atoms with Gasteiger partial charge in [0, 0.05) is 24.5 Å². The highest BCUT2D eigenvalue weighted by atomic mass is 32.1. The van der Waals surface area contributed by atoms with Crippen LogP contribution in [0.4, 0.5) is 10.8 Å². The van der Waals surface area contributed by atoms with Crippen molar-refractivity contribution in [1.29, 1.82) is 0 Å². The number of carbonyl (C=O) groups excluding carboxylic acids is 2. The third-order valence-electron chi connectivity index (χ3n) is 5.04. The van der Waals surface area contributed by atoms with E-state index < -0.39 is 0 Å². The van der Waals surface area contributed by atoms with Crippen molar-refractivity contribution in [2.75, 3.05) is 29.9 Å². The first-order valence-corrected chi connectivity index (χ1v) is 9.85. The normalized spacial score (nSPS) is 19.6. The largest absolute Gasteiger partial charge is 0.311 e. The molecule has 3 heterocycles. The van der Waals surface area contributed by atoms with Crippen molar-refractivity contribution < 1.29 is 9.59 Å². The van der Waals surface area contributed by atoms with E-state index in [1.165, 1.54) is 23.8 Å². The van der Waals surface area contributed by atoms with Crippen LogP contribution in [0.5, 0.6) is 0 Å². The van der Waals surface area contributed by atoms with E-state index in [0.717, 1.165) is 43.7 Å². The molecular weight excluding hydrogens is 348 g/mol. The monoisotopic (exact) mass is 370 g/mol. The highest BCUT2D eigenvalue weighted by molar-refractivity contribution is 7.13. The molecule has 0 aliphatic carbocycles. The number of carbonyl (C=O) groups is 2. The van der Waals surface area contributed by atoms with E-state index in [0.29, 0.717) is 11.7 Å². The van der Waals surface area contributed by atoms with Crippen LogP contribution in [-0.4, -0.2) is 41.3 Å². The molecule has 1 aromatic carbocycles. The number of para-hydroxylation sites is 1. The van der Waals surface area contributed by atoms with E-state index in [1.807, 2.05) is 28.5 Å². The van der Waals surface area contributed by atoms with Gasteiger partial charge in [0.1, 0.15) is 0 Å². The second-order valence-electron chi connectivity index (χ2n) is 6.81. The summed E-state index contributed by atoms with van der Waals surface area (Å²) in [5, 5.41) is 5.35. The number of amides is 2. The van der Waals surface area contributed by atoms with Gasteiger partial charge in [-0.2, -0.15) is 0 Å². The first kappa shape index (κ1) is 17.2. The van der Waals surface area contributed by atoms with Gasteiger partial charge in [0.2, 0.25) is 11.8 Å². The number of fused-ring (bicyclic) bond motifs is 1. The van der Waals surface area contributed by atoms with Crippen molar-refractivity contribution >= 4 is 34.0 Å². The maximum Gasteiger partial charge on any atom is 0.241 e. The molecule has 1 N–H and O–H groups in total. The zero-order chi connectivity index (χ0) is 18.1. The second kappa shape index (κ2) is 7.17. The number of hydrogen-bond acceptors (Lipinski definition) is 5. The Morgan fingerprint density at radius 1 is 1.31 bits per heavy atom. The molecule has 0 saturated carbocycles. The maximum atomic E-state index is 12.9. The SMILES string of the molecule is CC(=O)Nc1nc(C2CCCN2CC(=O)N2CCc3ccccc32)cs1. The first-order valence-electron chi connectivity index (χ1n) is 8.97. The van der Waals surface area contributed by atoms with E-state index in [4.69, 9.17) is 0 Å². The Morgan fingerprint density at radius 3 is 3.00 bits per heavy atom. The highest BCUT2D eigenvalue weighted by Gasteiger charge is 2.32. The lowest BCUT2D eigenvalue weighted by Gasteiger charge is -2.25. The third kappa shape index (κ3) is 3.37. The molecule has 136 valence electrons. The summed E-state index contributed by atoms with van der Waals surface area (Å²) in [5.41, 5.74) is 3.25. The quantitative estimate of drug-likeness (QED) is 0.899. The molecule has 2 amide bonds. The summed E-state index contributed by atoms with van der Waals surface area (Å²) in [6.07, 6.45) is 2.98. The van der Waals surface area contributed by atoms with Crippen LogP contribution in [0.2, 0.25) is 0 Å². The fourth-order valence-electron chi connectivity index (χ4n) is 3.85. The Balaban J connectivity index is 1.45. The lowest BCUT2D eigenvalue weighted by atomic mass is 10.1. The standard InChI is InChI=1S/C19H22N4O2S/c1-13(24)20-19-21-15(12-26-19)17-7-4-9-22(17)11-18(25)23-10-8-14-5-2-3-6-16(14)23/h2-3,5-6,12,17H,4,7-11H2,1H3,(H,20,21,24). The topological polar surface area (TPSA) is 65.5 Å². The van der Waals surface area contributed by atoms with E-state index in [9.17, 15) is 9.59 Å². The summed E-state index contributed by atoms with van der Waals surface area (Å²) in [7, 11) is 0. The summed E-state index contributed by atoms with van der Waals surface area (Å²) in [4.78, 5) is 32.8. The molecule has 0 radical (unpaired) electrons. The number of anilines is 2. The van der Waals surface area contributed by atoms with Crippen LogP contribution in [0.15, 0.2) is 29.6 Å². The van der Waals surface area contributed by atoms with Crippen LogP contribution >= 0.6 is 11.3 Å². The molecular formula is C19H22N4O2S. The van der Waals surface area contributed by atoms with Crippen molar-refractivity contribution in [3.05, 3.63) is 40.9 Å². The second-order valence-corrected chi connectivity index (χ2v) is 7.67. The number of benzene rings is 1. The highest BCUT2D eigenvalue weighted by Crippen LogP contribution is 2.34. The average molecular weight is 370 g/mol. The molecule has 2 aliphatic heterocycles. The molecule has 6 nitrogen and oxygen atoms in total. The summed E-state index contributed by atoms with van der Waals surface area (Å²) in [6, 6.07) is 8.29.